The molecule has 0 unspecified atom stereocenters. The van der Waals surface area contributed by atoms with Crippen LogP contribution in [0.4, 0.5) is 0 Å². The van der Waals surface area contributed by atoms with E-state index in [0.29, 0.717) is 32.6 Å². The van der Waals surface area contributed by atoms with Crippen molar-refractivity contribution in [2.75, 3.05) is 45.9 Å². The summed E-state index contributed by atoms with van der Waals surface area (Å²) >= 11 is 0. The first-order chi connectivity index (χ1) is 8.65. The molecule has 2 fully saturated rings. The summed E-state index contributed by atoms with van der Waals surface area (Å²) in [5.41, 5.74) is 5.49. The Morgan fingerprint density at radius 2 is 1.89 bits per heavy atom. The van der Waals surface area contributed by atoms with Crippen molar-refractivity contribution in [1.29, 1.82) is 0 Å². The van der Waals surface area contributed by atoms with Gasteiger partial charge in [-0.1, -0.05) is 5.92 Å². The molecular formula is C13H21N3O2. The van der Waals surface area contributed by atoms with Crippen molar-refractivity contribution >= 4 is 5.91 Å². The number of hydrogen-bond acceptors (Lipinski definition) is 4. The van der Waals surface area contributed by atoms with E-state index in [1.807, 2.05) is 4.90 Å². The van der Waals surface area contributed by atoms with E-state index in [0.717, 1.165) is 26.2 Å². The predicted octanol–water partition coefficient (Wildman–Crippen LogP) is -0.728. The van der Waals surface area contributed by atoms with Crippen molar-refractivity contribution in [3.8, 4) is 12.3 Å². The minimum atomic E-state index is -0.716. The van der Waals surface area contributed by atoms with E-state index in [4.69, 9.17) is 16.9 Å². The van der Waals surface area contributed by atoms with Crippen LogP contribution in [0.2, 0.25) is 0 Å². The second-order valence-electron chi connectivity index (χ2n) is 5.04. The van der Waals surface area contributed by atoms with E-state index in [1.54, 1.807) is 0 Å². The van der Waals surface area contributed by atoms with Gasteiger partial charge in [0.2, 0.25) is 5.91 Å². The van der Waals surface area contributed by atoms with E-state index < -0.39 is 5.54 Å². The summed E-state index contributed by atoms with van der Waals surface area (Å²) in [6.45, 7) is 4.94. The van der Waals surface area contributed by atoms with Gasteiger partial charge in [-0.25, -0.2) is 0 Å². The molecule has 5 heteroatoms. The minimum absolute atomic E-state index is 0.0751. The van der Waals surface area contributed by atoms with Crippen LogP contribution in [0.3, 0.4) is 0 Å². The van der Waals surface area contributed by atoms with Gasteiger partial charge in [0.05, 0.1) is 12.1 Å². The highest BCUT2D eigenvalue weighted by atomic mass is 16.5. The third-order valence-corrected chi connectivity index (χ3v) is 3.79. The molecule has 5 nitrogen and oxygen atoms in total. The molecular weight excluding hydrogens is 230 g/mol. The predicted molar refractivity (Wildman–Crippen MR) is 68.8 cm³/mol. The Labute approximate surface area is 108 Å². The van der Waals surface area contributed by atoms with Crippen LogP contribution in [0.1, 0.15) is 12.8 Å². The monoisotopic (exact) mass is 251 g/mol. The number of carbonyl (C=O) groups excluding carboxylic acids is 1. The molecule has 0 spiro atoms. The Bertz CT molecular complexity index is 337. The highest BCUT2D eigenvalue weighted by molar-refractivity contribution is 5.86. The molecule has 0 aromatic heterocycles. The molecule has 2 heterocycles. The molecule has 0 radical (unpaired) electrons. The molecule has 1 amide bonds. The number of hydrogen-bond donors (Lipinski definition) is 1. The van der Waals surface area contributed by atoms with Crippen LogP contribution in [0.25, 0.3) is 0 Å². The number of nitrogens with two attached hydrogens (primary N) is 1. The highest BCUT2D eigenvalue weighted by Gasteiger charge is 2.39. The minimum Gasteiger partial charge on any atom is -0.381 e. The van der Waals surface area contributed by atoms with Crippen molar-refractivity contribution in [1.82, 2.24) is 9.80 Å². The lowest BCUT2D eigenvalue weighted by atomic mass is 9.89. The summed E-state index contributed by atoms with van der Waals surface area (Å²) in [6.07, 6.45) is 6.53. The fraction of sp³-hybridized carbons (Fsp3) is 0.769. The van der Waals surface area contributed by atoms with Gasteiger partial charge in [-0.2, -0.15) is 0 Å². The van der Waals surface area contributed by atoms with E-state index in [9.17, 15) is 4.79 Å². The molecule has 100 valence electrons. The van der Waals surface area contributed by atoms with Gasteiger partial charge in [-0.15, -0.1) is 6.42 Å². The van der Waals surface area contributed by atoms with Gasteiger partial charge in [0.1, 0.15) is 0 Å². The Balaban J connectivity index is 1.89. The molecule has 0 bridgehead atoms. The van der Waals surface area contributed by atoms with E-state index in [2.05, 4.69) is 10.8 Å². The summed E-state index contributed by atoms with van der Waals surface area (Å²) < 4.78 is 5.27. The number of terminal acetylenes is 1. The van der Waals surface area contributed by atoms with Crippen molar-refractivity contribution in [2.45, 2.75) is 18.4 Å². The number of nitrogens with zero attached hydrogens (tertiary/aromatic N) is 2. The lowest BCUT2D eigenvalue weighted by molar-refractivity contribution is -0.142. The molecule has 2 saturated heterocycles. The van der Waals surface area contributed by atoms with Crippen LogP contribution in [0.15, 0.2) is 0 Å². The molecule has 0 atom stereocenters. The van der Waals surface area contributed by atoms with Crippen molar-refractivity contribution in [3.63, 3.8) is 0 Å². The van der Waals surface area contributed by atoms with Crippen LogP contribution in [0.5, 0.6) is 0 Å². The molecule has 0 aromatic rings. The number of ether oxygens (including phenoxy) is 1. The average Bonchev–Trinajstić information content (AvgIpc) is 2.40. The second-order valence-corrected chi connectivity index (χ2v) is 5.04. The topological polar surface area (TPSA) is 58.8 Å². The first-order valence-corrected chi connectivity index (χ1v) is 6.47. The van der Waals surface area contributed by atoms with Crippen LogP contribution >= 0.6 is 0 Å². The first-order valence-electron chi connectivity index (χ1n) is 6.47. The smallest absolute Gasteiger partial charge is 0.242 e. The third-order valence-electron chi connectivity index (χ3n) is 3.79. The quantitative estimate of drug-likeness (QED) is 0.658. The van der Waals surface area contributed by atoms with E-state index >= 15 is 0 Å². The lowest BCUT2D eigenvalue weighted by Crippen LogP contribution is -2.61. The maximum atomic E-state index is 12.4. The summed E-state index contributed by atoms with van der Waals surface area (Å²) in [5, 5.41) is 0. The molecule has 2 aliphatic heterocycles. The fourth-order valence-electron chi connectivity index (χ4n) is 2.50. The van der Waals surface area contributed by atoms with Gasteiger partial charge >= 0.3 is 0 Å². The number of amides is 1. The zero-order chi connectivity index (χ0) is 13.0. The van der Waals surface area contributed by atoms with Gasteiger partial charge < -0.3 is 15.4 Å². The SMILES string of the molecule is C#CCN1CCN(C(=O)C2(N)CCOCC2)CC1. The molecule has 18 heavy (non-hydrogen) atoms. The fourth-order valence-corrected chi connectivity index (χ4v) is 2.50. The molecule has 0 aliphatic carbocycles. The first kappa shape index (κ1) is 13.3. The molecule has 2 aliphatic rings. The Hall–Kier alpha value is -1.09. The van der Waals surface area contributed by atoms with Gasteiger partial charge in [-0.3, -0.25) is 9.69 Å². The van der Waals surface area contributed by atoms with Crippen LogP contribution in [-0.4, -0.2) is 67.2 Å². The number of rotatable bonds is 2. The maximum Gasteiger partial charge on any atom is 0.242 e. The lowest BCUT2D eigenvalue weighted by Gasteiger charge is -2.40. The largest absolute Gasteiger partial charge is 0.381 e. The molecule has 0 saturated carbocycles. The van der Waals surface area contributed by atoms with Crippen molar-refractivity contribution in [3.05, 3.63) is 0 Å². The van der Waals surface area contributed by atoms with Crippen LogP contribution in [0, 0.1) is 12.3 Å². The second kappa shape index (κ2) is 5.70. The molecule has 0 aromatic carbocycles. The standard InChI is InChI=1S/C13H21N3O2/c1-2-5-15-6-8-16(9-7-15)12(17)13(14)3-10-18-11-4-13/h1H,3-11,14H2. The Kier molecular flexibility index (Phi) is 4.23. The maximum absolute atomic E-state index is 12.4. The van der Waals surface area contributed by atoms with Crippen LogP contribution < -0.4 is 5.73 Å². The average molecular weight is 251 g/mol. The highest BCUT2D eigenvalue weighted by Crippen LogP contribution is 2.21. The van der Waals surface area contributed by atoms with Crippen molar-refractivity contribution in [2.24, 2.45) is 5.73 Å². The zero-order valence-electron chi connectivity index (χ0n) is 10.7. The summed E-state index contributed by atoms with van der Waals surface area (Å²) in [7, 11) is 0. The zero-order valence-corrected chi connectivity index (χ0v) is 10.7. The van der Waals surface area contributed by atoms with Crippen molar-refractivity contribution < 1.29 is 9.53 Å². The Morgan fingerprint density at radius 3 is 2.44 bits per heavy atom. The summed E-state index contributed by atoms with van der Waals surface area (Å²) in [5.74, 6) is 2.71. The van der Waals surface area contributed by atoms with Gasteiger partial charge in [0, 0.05) is 39.4 Å². The molecule has 2 rings (SSSR count). The number of carbonyl (C=O) groups is 1. The summed E-state index contributed by atoms with van der Waals surface area (Å²) in [6, 6.07) is 0. The third kappa shape index (κ3) is 2.83. The number of piperazine rings is 1. The van der Waals surface area contributed by atoms with Gasteiger partial charge in [0.15, 0.2) is 0 Å². The van der Waals surface area contributed by atoms with E-state index in [-0.39, 0.29) is 5.91 Å². The Morgan fingerprint density at radius 1 is 1.28 bits per heavy atom. The molecule has 2 N–H and O–H groups in total. The van der Waals surface area contributed by atoms with Gasteiger partial charge in [0.25, 0.3) is 0 Å². The summed E-state index contributed by atoms with van der Waals surface area (Å²) in [4.78, 5) is 16.5. The van der Waals surface area contributed by atoms with E-state index in [1.165, 1.54) is 0 Å². The van der Waals surface area contributed by atoms with Crippen LogP contribution in [-0.2, 0) is 9.53 Å². The van der Waals surface area contributed by atoms with Gasteiger partial charge in [-0.05, 0) is 12.8 Å². The normalized spacial score (nSPS) is 24.6.